The zero-order valence-electron chi connectivity index (χ0n) is 13.8. The molecular weight excluding hydrogens is 371 g/mol. The normalized spacial score (nSPS) is 11.6. The zero-order valence-corrected chi connectivity index (χ0v) is 13.8. The van der Waals surface area contributed by atoms with Crippen molar-refractivity contribution in [2.45, 2.75) is 12.6 Å². The lowest BCUT2D eigenvalue weighted by atomic mass is 10.1. The molecule has 3 rings (SSSR count). The number of alkyl halides is 3. The third-order valence-corrected chi connectivity index (χ3v) is 3.60. The molecule has 0 aliphatic heterocycles. The number of hydrogen-bond acceptors (Lipinski definition) is 4. The largest absolute Gasteiger partial charge is 0.481 e. The first-order valence-corrected chi connectivity index (χ1v) is 7.83. The van der Waals surface area contributed by atoms with E-state index in [1.54, 1.807) is 6.07 Å². The Morgan fingerprint density at radius 3 is 2.48 bits per heavy atom. The standard InChI is InChI=1S/C18H13F5N2O2/c19-13-3-1-2-12-16(13)24-10-25-17(12)26-7-6-11-4-5-15(14(20)8-11)27-9-18(21,22)23/h1-5,8,10H,6-7,9H2. The molecule has 3 aromatic rings. The van der Waals surface area contributed by atoms with Crippen molar-refractivity contribution in [1.82, 2.24) is 9.97 Å². The SMILES string of the molecule is Fc1cc(CCOc2ncnc3c(F)cccc23)ccc1OCC(F)(F)F. The van der Waals surface area contributed by atoms with E-state index in [0.29, 0.717) is 10.9 Å². The number of hydrogen-bond donors (Lipinski definition) is 0. The van der Waals surface area contributed by atoms with Crippen LogP contribution in [-0.4, -0.2) is 29.4 Å². The summed E-state index contributed by atoms with van der Waals surface area (Å²) in [5.74, 6) is -1.69. The topological polar surface area (TPSA) is 44.2 Å². The lowest BCUT2D eigenvalue weighted by Crippen LogP contribution is -2.19. The van der Waals surface area contributed by atoms with E-state index in [2.05, 4.69) is 14.7 Å². The highest BCUT2D eigenvalue weighted by Crippen LogP contribution is 2.24. The summed E-state index contributed by atoms with van der Waals surface area (Å²) < 4.78 is 73.8. The molecule has 0 fully saturated rings. The first kappa shape index (κ1) is 18.8. The van der Waals surface area contributed by atoms with Gasteiger partial charge in [-0.05, 0) is 29.8 Å². The van der Waals surface area contributed by atoms with Gasteiger partial charge in [-0.2, -0.15) is 13.2 Å². The minimum Gasteiger partial charge on any atom is -0.481 e. The molecule has 142 valence electrons. The van der Waals surface area contributed by atoms with Gasteiger partial charge in [0.05, 0.1) is 12.0 Å². The van der Waals surface area contributed by atoms with Gasteiger partial charge in [0, 0.05) is 6.42 Å². The maximum absolute atomic E-state index is 13.8. The molecule has 1 aromatic heterocycles. The van der Waals surface area contributed by atoms with Gasteiger partial charge >= 0.3 is 6.18 Å². The van der Waals surface area contributed by atoms with Gasteiger partial charge < -0.3 is 9.47 Å². The van der Waals surface area contributed by atoms with E-state index in [1.807, 2.05) is 0 Å². The number of fused-ring (bicyclic) bond motifs is 1. The third kappa shape index (κ3) is 4.81. The summed E-state index contributed by atoms with van der Waals surface area (Å²) in [5, 5.41) is 0.402. The molecule has 0 atom stereocenters. The lowest BCUT2D eigenvalue weighted by molar-refractivity contribution is -0.153. The summed E-state index contributed by atoms with van der Waals surface area (Å²) in [6, 6.07) is 8.03. The average molecular weight is 384 g/mol. The average Bonchev–Trinajstić information content (AvgIpc) is 2.61. The number of rotatable bonds is 6. The van der Waals surface area contributed by atoms with Crippen LogP contribution in [0.25, 0.3) is 10.9 Å². The summed E-state index contributed by atoms with van der Waals surface area (Å²) >= 11 is 0. The highest BCUT2D eigenvalue weighted by Gasteiger charge is 2.28. The maximum atomic E-state index is 13.8. The van der Waals surface area contributed by atoms with Crippen LogP contribution in [-0.2, 0) is 6.42 Å². The molecular formula is C18H13F5N2O2. The summed E-state index contributed by atoms with van der Waals surface area (Å²) in [5.41, 5.74) is 0.621. The number of aromatic nitrogens is 2. The monoisotopic (exact) mass is 384 g/mol. The van der Waals surface area contributed by atoms with Gasteiger partial charge in [-0.1, -0.05) is 12.1 Å². The zero-order chi connectivity index (χ0) is 19.4. The smallest absolute Gasteiger partial charge is 0.422 e. The van der Waals surface area contributed by atoms with Crippen LogP contribution in [0.5, 0.6) is 11.6 Å². The molecule has 0 saturated heterocycles. The molecule has 2 aromatic carbocycles. The molecule has 1 heterocycles. The van der Waals surface area contributed by atoms with Crippen molar-refractivity contribution in [1.29, 1.82) is 0 Å². The summed E-state index contributed by atoms with van der Waals surface area (Å²) in [7, 11) is 0. The molecule has 0 radical (unpaired) electrons. The van der Waals surface area contributed by atoms with Crippen LogP contribution < -0.4 is 9.47 Å². The molecule has 0 aliphatic carbocycles. The second kappa shape index (κ2) is 7.73. The van der Waals surface area contributed by atoms with E-state index in [4.69, 9.17) is 4.74 Å². The van der Waals surface area contributed by atoms with Crippen LogP contribution in [0.1, 0.15) is 5.56 Å². The van der Waals surface area contributed by atoms with E-state index in [1.165, 1.54) is 24.5 Å². The van der Waals surface area contributed by atoms with Crippen molar-refractivity contribution >= 4 is 10.9 Å². The van der Waals surface area contributed by atoms with E-state index >= 15 is 0 Å². The fraction of sp³-hybridized carbons (Fsp3) is 0.222. The third-order valence-electron chi connectivity index (χ3n) is 3.60. The molecule has 0 bridgehead atoms. The molecule has 0 saturated carbocycles. The molecule has 9 heteroatoms. The number of benzene rings is 2. The lowest BCUT2D eigenvalue weighted by Gasteiger charge is -2.11. The number of ether oxygens (including phenoxy) is 2. The summed E-state index contributed by atoms with van der Waals surface area (Å²) in [6.45, 7) is -1.46. The quantitative estimate of drug-likeness (QED) is 0.589. The maximum Gasteiger partial charge on any atom is 0.422 e. The van der Waals surface area contributed by atoms with Crippen molar-refractivity contribution < 1.29 is 31.4 Å². The van der Waals surface area contributed by atoms with Gasteiger partial charge in [0.25, 0.3) is 0 Å². The first-order valence-electron chi connectivity index (χ1n) is 7.83. The van der Waals surface area contributed by atoms with Crippen molar-refractivity contribution in [3.8, 4) is 11.6 Å². The molecule has 0 amide bonds. The van der Waals surface area contributed by atoms with Crippen molar-refractivity contribution in [2.24, 2.45) is 0 Å². The highest BCUT2D eigenvalue weighted by atomic mass is 19.4. The Bertz CT molecular complexity index is 947. The minimum absolute atomic E-state index is 0.102. The van der Waals surface area contributed by atoms with Gasteiger partial charge in [0.2, 0.25) is 5.88 Å². The molecule has 27 heavy (non-hydrogen) atoms. The second-order valence-electron chi connectivity index (χ2n) is 5.58. The van der Waals surface area contributed by atoms with Crippen LogP contribution in [0.4, 0.5) is 22.0 Å². The summed E-state index contributed by atoms with van der Waals surface area (Å²) in [4.78, 5) is 7.81. The summed E-state index contributed by atoms with van der Waals surface area (Å²) in [6.07, 6.45) is -3.11. The Kier molecular flexibility index (Phi) is 5.38. The van der Waals surface area contributed by atoms with Crippen molar-refractivity contribution in [3.05, 3.63) is 59.9 Å². The molecule has 0 spiro atoms. The molecule has 4 nitrogen and oxygen atoms in total. The Labute approximate surface area is 150 Å². The van der Waals surface area contributed by atoms with Gasteiger partial charge in [-0.3, -0.25) is 0 Å². The van der Waals surface area contributed by atoms with Crippen molar-refractivity contribution in [3.63, 3.8) is 0 Å². The molecule has 0 unspecified atom stereocenters. The minimum atomic E-state index is -4.54. The van der Waals surface area contributed by atoms with Gasteiger partial charge in [-0.25, -0.2) is 18.7 Å². The Balaban J connectivity index is 1.63. The van der Waals surface area contributed by atoms with Crippen LogP contribution in [0.3, 0.4) is 0 Å². The number of para-hydroxylation sites is 1. The first-order chi connectivity index (χ1) is 12.8. The number of halogens is 5. The van der Waals surface area contributed by atoms with E-state index < -0.39 is 30.2 Å². The second-order valence-corrected chi connectivity index (χ2v) is 5.58. The molecule has 0 N–H and O–H groups in total. The van der Waals surface area contributed by atoms with Crippen LogP contribution >= 0.6 is 0 Å². The van der Waals surface area contributed by atoms with Gasteiger partial charge in [0.1, 0.15) is 17.7 Å². The predicted molar refractivity (Wildman–Crippen MR) is 86.6 cm³/mol. The fourth-order valence-electron chi connectivity index (χ4n) is 2.38. The predicted octanol–water partition coefficient (Wildman–Crippen LogP) is 4.47. The fourth-order valence-corrected chi connectivity index (χ4v) is 2.38. The Hall–Kier alpha value is -2.97. The van der Waals surface area contributed by atoms with Gasteiger partial charge in [0.15, 0.2) is 18.2 Å². The van der Waals surface area contributed by atoms with Gasteiger partial charge in [-0.15, -0.1) is 0 Å². The number of nitrogens with zero attached hydrogens (tertiary/aromatic N) is 2. The molecule has 0 aliphatic rings. The van der Waals surface area contributed by atoms with Crippen LogP contribution in [0.2, 0.25) is 0 Å². The highest BCUT2D eigenvalue weighted by molar-refractivity contribution is 5.83. The van der Waals surface area contributed by atoms with E-state index in [-0.39, 0.29) is 24.4 Å². The Morgan fingerprint density at radius 1 is 0.926 bits per heavy atom. The van der Waals surface area contributed by atoms with Crippen LogP contribution in [0.15, 0.2) is 42.7 Å². The van der Waals surface area contributed by atoms with E-state index in [9.17, 15) is 22.0 Å². The van der Waals surface area contributed by atoms with Crippen molar-refractivity contribution in [2.75, 3.05) is 13.2 Å². The van der Waals surface area contributed by atoms with Crippen LogP contribution in [0, 0.1) is 11.6 Å². The van der Waals surface area contributed by atoms with E-state index in [0.717, 1.165) is 12.1 Å². The Morgan fingerprint density at radius 2 is 1.74 bits per heavy atom.